The van der Waals surface area contributed by atoms with E-state index in [1.165, 1.54) is 25.3 Å². The lowest BCUT2D eigenvalue weighted by molar-refractivity contribution is -0.117. The van der Waals surface area contributed by atoms with Gasteiger partial charge in [0.25, 0.3) is 10.1 Å². The lowest BCUT2D eigenvalue weighted by Gasteiger charge is -2.43. The van der Waals surface area contributed by atoms with Gasteiger partial charge in [-0.15, -0.1) is 0 Å². The van der Waals surface area contributed by atoms with E-state index in [1.54, 1.807) is 24.3 Å². The van der Waals surface area contributed by atoms with E-state index in [0.717, 1.165) is 5.56 Å². The molecule has 0 spiro atoms. The fourth-order valence-electron chi connectivity index (χ4n) is 3.67. The number of aliphatic hydroxyl groups is 1. The molecule has 0 radical (unpaired) electrons. The summed E-state index contributed by atoms with van der Waals surface area (Å²) in [5, 5.41) is 11.1. The van der Waals surface area contributed by atoms with Crippen molar-refractivity contribution in [2.45, 2.75) is 48.7 Å². The minimum absolute atomic E-state index is 0.0389. The summed E-state index contributed by atoms with van der Waals surface area (Å²) < 4.78 is 50.0. The molecule has 2 aromatic rings. The van der Waals surface area contributed by atoms with Crippen LogP contribution in [-0.2, 0) is 24.6 Å². The van der Waals surface area contributed by atoms with Crippen LogP contribution in [0.3, 0.4) is 0 Å². The predicted octanol–water partition coefficient (Wildman–Crippen LogP) is 4.34. The minimum atomic E-state index is -3.98. The van der Waals surface area contributed by atoms with Gasteiger partial charge in [-0.25, -0.2) is 4.39 Å². The van der Waals surface area contributed by atoms with Crippen molar-refractivity contribution in [2.24, 2.45) is 0 Å². The number of hydrogen-bond acceptors (Lipinski definition) is 5. The van der Waals surface area contributed by atoms with Crippen LogP contribution in [0.1, 0.15) is 36.8 Å². The molecule has 0 amide bonds. The maximum Gasteiger partial charge on any atom is 0.297 e. The van der Waals surface area contributed by atoms with Gasteiger partial charge in [0, 0.05) is 17.7 Å². The summed E-state index contributed by atoms with van der Waals surface area (Å²) in [6.45, 7) is 1.49. The van der Waals surface area contributed by atoms with Crippen LogP contribution < -0.4 is 0 Å². The topological polar surface area (TPSA) is 72.8 Å². The van der Waals surface area contributed by atoms with Crippen LogP contribution in [0.25, 0.3) is 0 Å². The standard InChI is InChI=1S/C21H24ClFO5S/c1-15-3-6-17(7-4-15)29(25,26)28-14-20(24)9-11-21(27-2,12-10-20)18-8-5-16(22)13-19(18)23/h3-8,13,24H,9-12,14H2,1-2H3/t20-,21+. The second-order valence-corrected chi connectivity index (χ2v) is 9.63. The lowest BCUT2D eigenvalue weighted by atomic mass is 9.73. The zero-order valence-electron chi connectivity index (χ0n) is 16.3. The van der Waals surface area contributed by atoms with Crippen molar-refractivity contribution in [3.63, 3.8) is 0 Å². The summed E-state index contributed by atoms with van der Waals surface area (Å²) in [5.74, 6) is -0.469. The highest BCUT2D eigenvalue weighted by Crippen LogP contribution is 2.45. The first-order chi connectivity index (χ1) is 13.6. The quantitative estimate of drug-likeness (QED) is 0.674. The lowest BCUT2D eigenvalue weighted by Crippen LogP contribution is -2.45. The summed E-state index contributed by atoms with van der Waals surface area (Å²) in [7, 11) is -2.48. The molecule has 2 aromatic carbocycles. The fourth-order valence-corrected chi connectivity index (χ4v) is 4.80. The first-order valence-electron chi connectivity index (χ1n) is 9.28. The molecule has 0 unspecified atom stereocenters. The third-order valence-corrected chi connectivity index (χ3v) is 7.11. The SMILES string of the molecule is CO[C@]1(c2ccc(Cl)cc2F)CC[C@@](O)(COS(=O)(=O)c2ccc(C)cc2)CC1. The Hall–Kier alpha value is -1.51. The van der Waals surface area contributed by atoms with E-state index in [-0.39, 0.29) is 24.3 Å². The Labute approximate surface area is 175 Å². The molecular formula is C21H24ClFO5S. The van der Waals surface area contributed by atoms with Crippen LogP contribution in [0.4, 0.5) is 4.39 Å². The van der Waals surface area contributed by atoms with Gasteiger partial charge in [0.1, 0.15) is 5.82 Å². The maximum absolute atomic E-state index is 14.4. The molecule has 1 saturated carbocycles. The molecule has 3 rings (SSSR count). The molecular weight excluding hydrogens is 419 g/mol. The largest absolute Gasteiger partial charge is 0.387 e. The van der Waals surface area contributed by atoms with Crippen LogP contribution in [-0.4, -0.2) is 32.8 Å². The molecule has 0 aliphatic heterocycles. The van der Waals surface area contributed by atoms with Gasteiger partial charge >= 0.3 is 0 Å². The highest BCUT2D eigenvalue weighted by Gasteiger charge is 2.45. The molecule has 0 heterocycles. The summed E-state index contributed by atoms with van der Waals surface area (Å²) >= 11 is 5.84. The Balaban J connectivity index is 1.70. The van der Waals surface area contributed by atoms with Crippen LogP contribution in [0, 0.1) is 12.7 Å². The summed E-state index contributed by atoms with van der Waals surface area (Å²) in [4.78, 5) is 0.0389. The molecule has 1 aliphatic rings. The number of hydrogen-bond donors (Lipinski definition) is 1. The zero-order chi connectivity index (χ0) is 21.3. The van der Waals surface area contributed by atoms with Gasteiger partial charge in [-0.1, -0.05) is 35.4 Å². The minimum Gasteiger partial charge on any atom is -0.387 e. The molecule has 29 heavy (non-hydrogen) atoms. The van der Waals surface area contributed by atoms with Crippen LogP contribution in [0.5, 0.6) is 0 Å². The van der Waals surface area contributed by atoms with E-state index in [0.29, 0.717) is 23.4 Å². The second-order valence-electron chi connectivity index (χ2n) is 7.58. The van der Waals surface area contributed by atoms with Gasteiger partial charge in [-0.2, -0.15) is 8.42 Å². The summed E-state index contributed by atoms with van der Waals surface area (Å²) in [6.07, 6.45) is 1.03. The first-order valence-corrected chi connectivity index (χ1v) is 11.1. The summed E-state index contributed by atoms with van der Waals surface area (Å²) in [6, 6.07) is 10.7. The van der Waals surface area contributed by atoms with Gasteiger partial charge in [0.2, 0.25) is 0 Å². The predicted molar refractivity (Wildman–Crippen MR) is 108 cm³/mol. The van der Waals surface area contributed by atoms with Crippen molar-refractivity contribution in [1.82, 2.24) is 0 Å². The van der Waals surface area contributed by atoms with E-state index < -0.39 is 27.1 Å². The monoisotopic (exact) mass is 442 g/mol. The molecule has 8 heteroatoms. The molecule has 1 fully saturated rings. The Kier molecular flexibility index (Phi) is 6.36. The number of methoxy groups -OCH3 is 1. The van der Waals surface area contributed by atoms with Crippen molar-refractivity contribution >= 4 is 21.7 Å². The number of benzene rings is 2. The number of halogens is 2. The Bertz CT molecular complexity index is 967. The molecule has 0 aromatic heterocycles. The van der Waals surface area contributed by atoms with Crippen LogP contribution >= 0.6 is 11.6 Å². The fraction of sp³-hybridized carbons (Fsp3) is 0.429. The molecule has 0 saturated heterocycles. The van der Waals surface area contributed by atoms with Crippen molar-refractivity contribution in [1.29, 1.82) is 0 Å². The number of aryl methyl sites for hydroxylation is 1. The number of ether oxygens (including phenoxy) is 1. The highest BCUT2D eigenvalue weighted by molar-refractivity contribution is 7.86. The van der Waals surface area contributed by atoms with E-state index in [4.69, 9.17) is 20.5 Å². The van der Waals surface area contributed by atoms with E-state index in [1.807, 2.05) is 6.92 Å². The molecule has 0 bridgehead atoms. The van der Waals surface area contributed by atoms with E-state index in [2.05, 4.69) is 0 Å². The van der Waals surface area contributed by atoms with Crippen LogP contribution in [0.2, 0.25) is 5.02 Å². The van der Waals surface area contributed by atoms with Gasteiger partial charge in [-0.3, -0.25) is 4.18 Å². The average Bonchev–Trinajstić information content (AvgIpc) is 2.68. The van der Waals surface area contributed by atoms with Crippen molar-refractivity contribution in [2.75, 3.05) is 13.7 Å². The zero-order valence-corrected chi connectivity index (χ0v) is 17.9. The molecule has 158 valence electrons. The van der Waals surface area contributed by atoms with Crippen molar-refractivity contribution in [3.8, 4) is 0 Å². The van der Waals surface area contributed by atoms with Gasteiger partial charge in [0.05, 0.1) is 22.7 Å². The molecule has 1 N–H and O–H groups in total. The maximum atomic E-state index is 14.4. The van der Waals surface area contributed by atoms with Gasteiger partial charge in [-0.05, 0) is 56.9 Å². The average molecular weight is 443 g/mol. The highest BCUT2D eigenvalue weighted by atomic mass is 35.5. The first kappa shape index (κ1) is 22.2. The summed E-state index contributed by atoms with van der Waals surface area (Å²) in [5.41, 5.74) is -0.945. The van der Waals surface area contributed by atoms with Crippen molar-refractivity contribution < 1.29 is 26.8 Å². The normalized spacial score (nSPS) is 25.1. The molecule has 0 atom stereocenters. The second kappa shape index (κ2) is 8.32. The Morgan fingerprint density at radius 1 is 1.10 bits per heavy atom. The third kappa shape index (κ3) is 4.81. The smallest absolute Gasteiger partial charge is 0.297 e. The molecule has 1 aliphatic carbocycles. The molecule has 5 nitrogen and oxygen atoms in total. The van der Waals surface area contributed by atoms with Crippen LogP contribution in [0.15, 0.2) is 47.4 Å². The third-order valence-electron chi connectivity index (χ3n) is 5.59. The van der Waals surface area contributed by atoms with E-state index >= 15 is 0 Å². The van der Waals surface area contributed by atoms with Crippen molar-refractivity contribution in [3.05, 3.63) is 64.4 Å². The van der Waals surface area contributed by atoms with E-state index in [9.17, 15) is 17.9 Å². The van der Waals surface area contributed by atoms with Gasteiger partial charge < -0.3 is 9.84 Å². The van der Waals surface area contributed by atoms with Gasteiger partial charge in [0.15, 0.2) is 0 Å². The number of rotatable bonds is 6. The Morgan fingerprint density at radius 3 is 2.28 bits per heavy atom. The Morgan fingerprint density at radius 2 is 1.72 bits per heavy atom.